The Kier molecular flexibility index (Phi) is 8.53. The van der Waals surface area contributed by atoms with E-state index in [9.17, 15) is 9.59 Å². The highest BCUT2D eigenvalue weighted by Crippen LogP contribution is 2.37. The van der Waals surface area contributed by atoms with E-state index in [1.54, 1.807) is 43.3 Å². The fraction of sp³-hybridized carbons (Fsp3) is 0.391. The largest absolute Gasteiger partial charge is 0.492 e. The molecular formula is C23H31N3O4. The standard InChI is InChI=1S/C23H31N3O4/c1-6-29-20-14-19(26-23(28)17-11-9-8-10-12-17)21(30-7-2)13-18(20)25-16(5)22(27)24-15(3)4/h8-16,25H,6-7H2,1-5H3,(H,24,27)(H,26,28)/t16-/m0/s1. The lowest BCUT2D eigenvalue weighted by Crippen LogP contribution is -2.41. The van der Waals surface area contributed by atoms with E-state index in [1.807, 2.05) is 33.8 Å². The number of ether oxygens (including phenoxy) is 2. The van der Waals surface area contributed by atoms with E-state index in [0.717, 1.165) is 0 Å². The van der Waals surface area contributed by atoms with Crippen LogP contribution in [-0.2, 0) is 4.79 Å². The highest BCUT2D eigenvalue weighted by molar-refractivity contribution is 6.05. The molecule has 0 saturated heterocycles. The van der Waals surface area contributed by atoms with Crippen molar-refractivity contribution in [1.29, 1.82) is 0 Å². The molecule has 2 aromatic carbocycles. The molecule has 7 nitrogen and oxygen atoms in total. The van der Waals surface area contributed by atoms with Crippen molar-refractivity contribution in [3.05, 3.63) is 48.0 Å². The number of rotatable bonds is 10. The quantitative estimate of drug-likeness (QED) is 0.547. The molecule has 0 aliphatic rings. The van der Waals surface area contributed by atoms with Crippen LogP contribution in [0.15, 0.2) is 42.5 Å². The topological polar surface area (TPSA) is 88.7 Å². The summed E-state index contributed by atoms with van der Waals surface area (Å²) < 4.78 is 11.5. The van der Waals surface area contributed by atoms with Crippen molar-refractivity contribution in [3.63, 3.8) is 0 Å². The molecule has 3 N–H and O–H groups in total. The summed E-state index contributed by atoms with van der Waals surface area (Å²) in [6.45, 7) is 10.2. The van der Waals surface area contributed by atoms with E-state index in [-0.39, 0.29) is 17.9 Å². The van der Waals surface area contributed by atoms with Crippen LogP contribution in [0, 0.1) is 0 Å². The minimum Gasteiger partial charge on any atom is -0.492 e. The van der Waals surface area contributed by atoms with Crippen LogP contribution in [0.25, 0.3) is 0 Å². The van der Waals surface area contributed by atoms with Crippen LogP contribution >= 0.6 is 0 Å². The maximum absolute atomic E-state index is 12.6. The molecule has 0 aliphatic heterocycles. The highest BCUT2D eigenvalue weighted by Gasteiger charge is 2.19. The molecule has 2 aromatic rings. The van der Waals surface area contributed by atoms with E-state index >= 15 is 0 Å². The smallest absolute Gasteiger partial charge is 0.255 e. The van der Waals surface area contributed by atoms with Gasteiger partial charge < -0.3 is 25.4 Å². The SMILES string of the molecule is CCOc1cc(N[C@@H](C)C(=O)NC(C)C)c(OCC)cc1NC(=O)c1ccccc1. The number of hydrogen-bond donors (Lipinski definition) is 3. The van der Waals surface area contributed by atoms with E-state index in [0.29, 0.717) is 41.7 Å². The van der Waals surface area contributed by atoms with Crippen molar-refractivity contribution in [2.45, 2.75) is 46.7 Å². The van der Waals surface area contributed by atoms with E-state index in [2.05, 4.69) is 16.0 Å². The first-order valence-electron chi connectivity index (χ1n) is 10.2. The summed E-state index contributed by atoms with van der Waals surface area (Å²) in [5, 5.41) is 8.95. The number of anilines is 2. The van der Waals surface area contributed by atoms with Gasteiger partial charge in [0.25, 0.3) is 5.91 Å². The third-order valence-electron chi connectivity index (χ3n) is 4.16. The lowest BCUT2D eigenvalue weighted by atomic mass is 10.1. The maximum Gasteiger partial charge on any atom is 0.255 e. The molecule has 0 saturated carbocycles. The number of benzene rings is 2. The Balaban J connectivity index is 2.33. The maximum atomic E-state index is 12.6. The molecule has 0 fully saturated rings. The summed E-state index contributed by atoms with van der Waals surface area (Å²) in [7, 11) is 0. The fourth-order valence-corrected chi connectivity index (χ4v) is 2.81. The molecule has 1 atom stereocenters. The van der Waals surface area contributed by atoms with Crippen LogP contribution in [0.3, 0.4) is 0 Å². The van der Waals surface area contributed by atoms with Crippen molar-refractivity contribution in [2.75, 3.05) is 23.8 Å². The summed E-state index contributed by atoms with van der Waals surface area (Å²) in [5.74, 6) is 0.647. The van der Waals surface area contributed by atoms with Crippen molar-refractivity contribution < 1.29 is 19.1 Å². The third kappa shape index (κ3) is 6.40. The molecule has 2 rings (SSSR count). The summed E-state index contributed by atoms with van der Waals surface area (Å²) in [5.41, 5.74) is 1.66. The lowest BCUT2D eigenvalue weighted by molar-refractivity contribution is -0.122. The molecule has 7 heteroatoms. The van der Waals surface area contributed by atoms with Crippen LogP contribution in [0.2, 0.25) is 0 Å². The molecule has 2 amide bonds. The number of nitrogens with one attached hydrogen (secondary N) is 3. The Hall–Kier alpha value is -3.22. The van der Waals surface area contributed by atoms with Gasteiger partial charge in [-0.3, -0.25) is 9.59 Å². The zero-order valence-electron chi connectivity index (χ0n) is 18.2. The van der Waals surface area contributed by atoms with Gasteiger partial charge in [-0.2, -0.15) is 0 Å². The van der Waals surface area contributed by atoms with Gasteiger partial charge >= 0.3 is 0 Å². The molecular weight excluding hydrogens is 382 g/mol. The Bertz CT molecular complexity index is 853. The van der Waals surface area contributed by atoms with Gasteiger partial charge in [-0.1, -0.05) is 18.2 Å². The first-order valence-corrected chi connectivity index (χ1v) is 10.2. The van der Waals surface area contributed by atoms with E-state index < -0.39 is 6.04 Å². The Morgan fingerprint density at radius 3 is 2.03 bits per heavy atom. The molecule has 0 heterocycles. The fourth-order valence-electron chi connectivity index (χ4n) is 2.81. The van der Waals surface area contributed by atoms with Gasteiger partial charge in [0.1, 0.15) is 17.5 Å². The highest BCUT2D eigenvalue weighted by atomic mass is 16.5. The van der Waals surface area contributed by atoms with Crippen LogP contribution in [-0.4, -0.2) is 37.1 Å². The lowest BCUT2D eigenvalue weighted by Gasteiger charge is -2.21. The number of carbonyl (C=O) groups is 2. The zero-order chi connectivity index (χ0) is 22.1. The van der Waals surface area contributed by atoms with Gasteiger partial charge in [-0.15, -0.1) is 0 Å². The zero-order valence-corrected chi connectivity index (χ0v) is 18.2. The molecule has 0 radical (unpaired) electrons. The average molecular weight is 414 g/mol. The second-order valence-electron chi connectivity index (χ2n) is 7.06. The summed E-state index contributed by atoms with van der Waals surface area (Å²) in [6, 6.07) is 12.0. The second-order valence-corrected chi connectivity index (χ2v) is 7.06. The Morgan fingerprint density at radius 2 is 1.47 bits per heavy atom. The first-order chi connectivity index (χ1) is 14.3. The van der Waals surface area contributed by atoms with Crippen LogP contribution in [0.1, 0.15) is 45.0 Å². The molecule has 0 aliphatic carbocycles. The van der Waals surface area contributed by atoms with Crippen LogP contribution < -0.4 is 25.4 Å². The van der Waals surface area contributed by atoms with Gasteiger partial charge in [0.2, 0.25) is 5.91 Å². The van der Waals surface area contributed by atoms with Gasteiger partial charge in [0.15, 0.2) is 0 Å². The summed E-state index contributed by atoms with van der Waals surface area (Å²) in [6.07, 6.45) is 0. The minimum atomic E-state index is -0.481. The van der Waals surface area contributed by atoms with Crippen LogP contribution in [0.4, 0.5) is 11.4 Å². The summed E-state index contributed by atoms with van der Waals surface area (Å²) >= 11 is 0. The van der Waals surface area contributed by atoms with E-state index in [1.165, 1.54) is 0 Å². The molecule has 0 aromatic heterocycles. The van der Waals surface area contributed by atoms with Gasteiger partial charge in [0.05, 0.1) is 24.6 Å². The van der Waals surface area contributed by atoms with Crippen molar-refractivity contribution in [2.24, 2.45) is 0 Å². The molecule has 0 unspecified atom stereocenters. The van der Waals surface area contributed by atoms with Gasteiger partial charge in [-0.05, 0) is 46.8 Å². The molecule has 162 valence electrons. The third-order valence-corrected chi connectivity index (χ3v) is 4.16. The Labute approximate surface area is 178 Å². The van der Waals surface area contributed by atoms with Crippen molar-refractivity contribution in [1.82, 2.24) is 5.32 Å². The minimum absolute atomic E-state index is 0.0441. The Morgan fingerprint density at radius 1 is 0.900 bits per heavy atom. The number of hydrogen-bond acceptors (Lipinski definition) is 5. The molecule has 0 bridgehead atoms. The predicted molar refractivity (Wildman–Crippen MR) is 120 cm³/mol. The summed E-state index contributed by atoms with van der Waals surface area (Å²) in [4.78, 5) is 24.9. The van der Waals surface area contributed by atoms with Crippen LogP contribution in [0.5, 0.6) is 11.5 Å². The first kappa shape index (κ1) is 23.1. The molecule has 0 spiro atoms. The van der Waals surface area contributed by atoms with Crippen molar-refractivity contribution >= 4 is 23.2 Å². The van der Waals surface area contributed by atoms with Crippen molar-refractivity contribution in [3.8, 4) is 11.5 Å². The second kappa shape index (κ2) is 11.1. The van der Waals surface area contributed by atoms with Gasteiger partial charge in [-0.25, -0.2) is 0 Å². The number of amides is 2. The number of carbonyl (C=O) groups excluding carboxylic acids is 2. The predicted octanol–water partition coefficient (Wildman–Crippen LogP) is 4.06. The normalized spacial score (nSPS) is 11.5. The van der Waals surface area contributed by atoms with E-state index in [4.69, 9.17) is 9.47 Å². The van der Waals surface area contributed by atoms with Gasteiger partial charge in [0, 0.05) is 23.7 Å². The molecule has 30 heavy (non-hydrogen) atoms. The monoisotopic (exact) mass is 413 g/mol. The average Bonchev–Trinajstić information content (AvgIpc) is 2.71.